The van der Waals surface area contributed by atoms with Crippen LogP contribution in [0.1, 0.15) is 27.7 Å². The van der Waals surface area contributed by atoms with Gasteiger partial charge in [0, 0.05) is 0 Å². The first-order chi connectivity index (χ1) is 4.83. The summed E-state index contributed by atoms with van der Waals surface area (Å²) in [6, 6.07) is 2.65. The minimum Gasteiger partial charge on any atom is -0.111 e. The van der Waals surface area contributed by atoms with Gasteiger partial charge in [-0.3, -0.25) is 0 Å². The van der Waals surface area contributed by atoms with Crippen LogP contribution in [0.4, 0.5) is 0 Å². The summed E-state index contributed by atoms with van der Waals surface area (Å²) in [5.41, 5.74) is 0. The molecule has 0 amide bonds. The summed E-state index contributed by atoms with van der Waals surface area (Å²) in [6.07, 6.45) is 0. The van der Waals surface area contributed by atoms with E-state index in [0.29, 0.717) is 0 Å². The standard InChI is InChI=1S/C8H18Br2Si/c1-7(2)5-11(9,10)6-8(3)4/h7-8H,5-6H2,1-4H3. The van der Waals surface area contributed by atoms with Crippen molar-refractivity contribution in [3.63, 3.8) is 0 Å². The van der Waals surface area contributed by atoms with Crippen LogP contribution >= 0.6 is 30.6 Å². The molecule has 0 aliphatic rings. The minimum atomic E-state index is -1.20. The number of rotatable bonds is 4. The fourth-order valence-electron chi connectivity index (χ4n) is 1.28. The van der Waals surface area contributed by atoms with Gasteiger partial charge in [0.2, 0.25) is 5.31 Å². The molecule has 0 aliphatic heterocycles. The zero-order valence-electron chi connectivity index (χ0n) is 7.82. The molecular weight excluding hydrogens is 284 g/mol. The quantitative estimate of drug-likeness (QED) is 0.528. The third-order valence-electron chi connectivity index (χ3n) is 1.41. The van der Waals surface area contributed by atoms with Crippen LogP contribution in [-0.4, -0.2) is 5.31 Å². The van der Waals surface area contributed by atoms with Crippen molar-refractivity contribution in [2.45, 2.75) is 39.8 Å². The van der Waals surface area contributed by atoms with Crippen LogP contribution < -0.4 is 0 Å². The van der Waals surface area contributed by atoms with Crippen molar-refractivity contribution in [1.82, 2.24) is 0 Å². The molecule has 0 aromatic carbocycles. The largest absolute Gasteiger partial charge is 0.201 e. The van der Waals surface area contributed by atoms with E-state index in [4.69, 9.17) is 0 Å². The van der Waals surface area contributed by atoms with E-state index in [9.17, 15) is 0 Å². The second-order valence-corrected chi connectivity index (χ2v) is 18.9. The van der Waals surface area contributed by atoms with E-state index in [1.54, 1.807) is 0 Å². The second kappa shape index (κ2) is 5.03. The molecule has 0 spiro atoms. The van der Waals surface area contributed by atoms with E-state index < -0.39 is 5.31 Å². The lowest BCUT2D eigenvalue weighted by molar-refractivity contribution is 0.696. The van der Waals surface area contributed by atoms with Crippen molar-refractivity contribution >= 4 is 35.9 Å². The van der Waals surface area contributed by atoms with Gasteiger partial charge in [-0.2, -0.15) is 0 Å². The van der Waals surface area contributed by atoms with Gasteiger partial charge in [0.1, 0.15) is 0 Å². The van der Waals surface area contributed by atoms with Crippen LogP contribution in [0.25, 0.3) is 0 Å². The Bertz CT molecular complexity index is 98.7. The first-order valence-corrected chi connectivity index (χ1v) is 11.1. The Morgan fingerprint density at radius 3 is 1.36 bits per heavy atom. The maximum Gasteiger partial charge on any atom is 0.201 e. The van der Waals surface area contributed by atoms with Crippen LogP contribution in [0.2, 0.25) is 12.1 Å². The Kier molecular flexibility index (Phi) is 5.56. The third kappa shape index (κ3) is 7.53. The lowest BCUT2D eigenvalue weighted by atomic mass is 10.3. The zero-order valence-corrected chi connectivity index (χ0v) is 12.0. The van der Waals surface area contributed by atoms with Gasteiger partial charge < -0.3 is 0 Å². The van der Waals surface area contributed by atoms with Crippen molar-refractivity contribution < 1.29 is 0 Å². The van der Waals surface area contributed by atoms with Crippen molar-refractivity contribution in [3.8, 4) is 0 Å². The highest BCUT2D eigenvalue weighted by Crippen LogP contribution is 2.35. The summed E-state index contributed by atoms with van der Waals surface area (Å²) in [4.78, 5) is 0. The summed E-state index contributed by atoms with van der Waals surface area (Å²) in [5.74, 6) is 1.61. The topological polar surface area (TPSA) is 0 Å². The minimum absolute atomic E-state index is 0.805. The molecule has 0 aromatic heterocycles. The Hall–Kier alpha value is 1.18. The molecule has 0 unspecified atom stereocenters. The van der Waals surface area contributed by atoms with Crippen LogP contribution in [0.3, 0.4) is 0 Å². The van der Waals surface area contributed by atoms with E-state index in [1.165, 1.54) is 12.1 Å². The van der Waals surface area contributed by atoms with E-state index in [1.807, 2.05) is 0 Å². The van der Waals surface area contributed by atoms with Gasteiger partial charge in [-0.25, -0.2) is 0 Å². The predicted molar refractivity (Wildman–Crippen MR) is 62.9 cm³/mol. The number of hydrogen-bond acceptors (Lipinski definition) is 0. The molecule has 0 saturated carbocycles. The molecule has 0 bridgehead atoms. The average molecular weight is 302 g/mol. The predicted octanol–water partition coefficient (Wildman–Crippen LogP) is 4.53. The summed E-state index contributed by atoms with van der Waals surface area (Å²) in [6.45, 7) is 9.13. The van der Waals surface area contributed by atoms with Gasteiger partial charge in [-0.1, -0.05) is 27.7 Å². The van der Waals surface area contributed by atoms with Crippen molar-refractivity contribution in [1.29, 1.82) is 0 Å². The van der Waals surface area contributed by atoms with Crippen molar-refractivity contribution in [3.05, 3.63) is 0 Å². The van der Waals surface area contributed by atoms with Gasteiger partial charge in [0.05, 0.1) is 0 Å². The Labute approximate surface area is 87.3 Å². The molecule has 0 atom stereocenters. The first-order valence-electron chi connectivity index (χ1n) is 4.21. The van der Waals surface area contributed by atoms with Crippen molar-refractivity contribution in [2.24, 2.45) is 11.8 Å². The molecule has 0 nitrogen and oxygen atoms in total. The molecule has 0 aliphatic carbocycles. The van der Waals surface area contributed by atoms with E-state index in [-0.39, 0.29) is 0 Å². The molecule has 68 valence electrons. The normalized spacial score (nSPS) is 13.1. The Morgan fingerprint density at radius 2 is 1.18 bits per heavy atom. The summed E-state index contributed by atoms with van der Waals surface area (Å²) < 4.78 is 0. The fraction of sp³-hybridized carbons (Fsp3) is 1.00. The highest BCUT2D eigenvalue weighted by atomic mass is 79.9. The van der Waals surface area contributed by atoms with Crippen LogP contribution in [0.5, 0.6) is 0 Å². The summed E-state index contributed by atoms with van der Waals surface area (Å²) in [7, 11) is 0. The van der Waals surface area contributed by atoms with E-state index in [0.717, 1.165) is 11.8 Å². The lowest BCUT2D eigenvalue weighted by Crippen LogP contribution is -2.21. The molecule has 0 heterocycles. The van der Waals surface area contributed by atoms with Crippen LogP contribution in [0.15, 0.2) is 0 Å². The fourth-order valence-corrected chi connectivity index (χ4v) is 11.6. The molecular formula is C8H18Br2Si. The van der Waals surface area contributed by atoms with Crippen molar-refractivity contribution in [2.75, 3.05) is 0 Å². The molecule has 0 radical (unpaired) electrons. The van der Waals surface area contributed by atoms with Gasteiger partial charge >= 0.3 is 0 Å². The Morgan fingerprint density at radius 1 is 0.909 bits per heavy atom. The summed E-state index contributed by atoms with van der Waals surface area (Å²) in [5, 5.41) is -1.20. The van der Waals surface area contributed by atoms with Gasteiger partial charge in [0.15, 0.2) is 0 Å². The maximum atomic E-state index is 3.84. The summed E-state index contributed by atoms with van der Waals surface area (Å²) >= 11 is 7.68. The Balaban J connectivity index is 3.79. The molecule has 0 aromatic rings. The molecule has 11 heavy (non-hydrogen) atoms. The molecule has 0 N–H and O–H groups in total. The van der Waals surface area contributed by atoms with Gasteiger partial charge in [-0.05, 0) is 23.9 Å². The van der Waals surface area contributed by atoms with Crippen LogP contribution in [-0.2, 0) is 0 Å². The molecule has 3 heteroatoms. The first kappa shape index (κ1) is 12.2. The zero-order chi connectivity index (χ0) is 9.07. The van der Waals surface area contributed by atoms with E-state index in [2.05, 4.69) is 58.3 Å². The van der Waals surface area contributed by atoms with Gasteiger partial charge in [-0.15, -0.1) is 30.6 Å². The average Bonchev–Trinajstić information content (AvgIpc) is 1.53. The highest BCUT2D eigenvalue weighted by molar-refractivity contribution is 9.51. The van der Waals surface area contributed by atoms with Gasteiger partial charge in [0.25, 0.3) is 0 Å². The lowest BCUT2D eigenvalue weighted by Gasteiger charge is -2.21. The number of halogens is 2. The molecule has 0 rings (SSSR count). The second-order valence-electron chi connectivity index (χ2n) is 4.05. The highest BCUT2D eigenvalue weighted by Gasteiger charge is 2.28. The maximum absolute atomic E-state index is 3.84. The third-order valence-corrected chi connectivity index (χ3v) is 8.13. The SMILES string of the molecule is CC(C)C[Si](Br)(Br)CC(C)C. The monoisotopic (exact) mass is 300 g/mol. The number of hydrogen-bond donors (Lipinski definition) is 0. The molecule has 0 saturated heterocycles. The smallest absolute Gasteiger partial charge is 0.111 e. The van der Waals surface area contributed by atoms with E-state index >= 15 is 0 Å². The molecule has 0 fully saturated rings. The van der Waals surface area contributed by atoms with Crippen LogP contribution in [0, 0.1) is 11.8 Å².